The average molecular weight is 1320 g/mol. The normalized spacial score (nSPS) is 11.7. The standard InChI is InChI=1S/C52H33N3.C46H29N3/c1-3-14-34(15-4-1)39-30-40(35-16-5-2-6-17-35)32-41(31-39)51-45-24-11-12-25-46(45)53-52(54-51)38-20-13-21-42(33-38)55-47-28-26-36-18-7-9-22-43(36)49(47)50-44-23-10-8-19-37(44)27-29-48(50)55;1-2-12-30(13-3-1)33-16-10-17-34(28-33)45-39-22-8-9-23-40(39)47-46(48-45)35-18-11-19-36(29-35)49-41-26-24-31-14-4-6-20-37(31)43(41)44-38-21-7-5-15-32(38)25-27-42(44)49/h1-33H;1-29H. The highest BCUT2D eigenvalue weighted by molar-refractivity contribution is 6.30. The van der Waals surface area contributed by atoms with Crippen LogP contribution >= 0.6 is 0 Å². The molecule has 0 N–H and O–H groups in total. The fourth-order valence-corrected chi connectivity index (χ4v) is 15.9. The number of hydrogen-bond acceptors (Lipinski definition) is 4. The van der Waals surface area contributed by atoms with Gasteiger partial charge in [-0.3, -0.25) is 0 Å². The molecule has 104 heavy (non-hydrogen) atoms. The van der Waals surface area contributed by atoms with Gasteiger partial charge in [0, 0.05) is 65.9 Å². The molecule has 484 valence electrons. The molecular weight excluding hydrogens is 1260 g/mol. The predicted octanol–water partition coefficient (Wildman–Crippen LogP) is 25.7. The summed E-state index contributed by atoms with van der Waals surface area (Å²) in [6.07, 6.45) is 0. The number of benzene rings is 17. The third-order valence-electron chi connectivity index (χ3n) is 20.7. The van der Waals surface area contributed by atoms with Crippen LogP contribution < -0.4 is 0 Å². The van der Waals surface area contributed by atoms with E-state index in [9.17, 15) is 0 Å². The molecule has 0 amide bonds. The Kier molecular flexibility index (Phi) is 14.5. The third kappa shape index (κ3) is 10.3. The molecule has 0 spiro atoms. The van der Waals surface area contributed by atoms with E-state index in [-0.39, 0.29) is 0 Å². The van der Waals surface area contributed by atoms with Gasteiger partial charge < -0.3 is 9.13 Å². The fraction of sp³-hybridized carbons (Fsp3) is 0. The van der Waals surface area contributed by atoms with E-state index in [1.165, 1.54) is 103 Å². The molecule has 21 rings (SSSR count). The first-order valence-electron chi connectivity index (χ1n) is 35.4. The quantitative estimate of drug-likeness (QED) is 0.144. The van der Waals surface area contributed by atoms with Gasteiger partial charge in [0.15, 0.2) is 11.6 Å². The SMILES string of the molecule is c1ccc(-c2cc(-c3ccccc3)cc(-c3nc(-c4cccc(-n5c6ccc7ccccc7c6c6c7ccccc7ccc65)c4)nc4ccccc34)c2)cc1.c1ccc(-c2cccc(-c3nc(-c4cccc(-n5c6ccc7ccccc7c6c6c7ccccc7ccc65)c4)nc4ccccc34)c2)cc1. The minimum atomic E-state index is 0.693. The van der Waals surface area contributed by atoms with E-state index in [0.29, 0.717) is 11.6 Å². The van der Waals surface area contributed by atoms with Gasteiger partial charge in [0.2, 0.25) is 0 Å². The Morgan fingerprint density at radius 1 is 0.173 bits per heavy atom. The molecule has 0 unspecified atom stereocenters. The smallest absolute Gasteiger partial charge is 0.160 e. The van der Waals surface area contributed by atoms with Crippen LogP contribution in [0.3, 0.4) is 0 Å². The van der Waals surface area contributed by atoms with E-state index >= 15 is 0 Å². The molecule has 0 fully saturated rings. The molecule has 0 aliphatic rings. The van der Waals surface area contributed by atoms with Crippen LogP contribution in [0.2, 0.25) is 0 Å². The maximum Gasteiger partial charge on any atom is 0.160 e. The van der Waals surface area contributed by atoms with Crippen molar-refractivity contribution in [1.29, 1.82) is 0 Å². The zero-order valence-electron chi connectivity index (χ0n) is 56.5. The maximum atomic E-state index is 5.42. The summed E-state index contributed by atoms with van der Waals surface area (Å²) in [5.74, 6) is 1.40. The first-order valence-corrected chi connectivity index (χ1v) is 35.4. The minimum Gasteiger partial charge on any atom is -0.309 e. The Labute approximate surface area is 600 Å². The summed E-state index contributed by atoms with van der Waals surface area (Å²) in [6, 6.07) is 134. The molecule has 6 heteroatoms. The van der Waals surface area contributed by atoms with Crippen molar-refractivity contribution < 1.29 is 0 Å². The van der Waals surface area contributed by atoms with Gasteiger partial charge in [-0.15, -0.1) is 0 Å². The predicted molar refractivity (Wildman–Crippen MR) is 436 cm³/mol. The second-order valence-electron chi connectivity index (χ2n) is 26.8. The lowest BCUT2D eigenvalue weighted by molar-refractivity contribution is 1.17. The number of hydrogen-bond donors (Lipinski definition) is 0. The topological polar surface area (TPSA) is 61.4 Å². The van der Waals surface area contributed by atoms with Crippen molar-refractivity contribution in [2.75, 3.05) is 0 Å². The van der Waals surface area contributed by atoms with Crippen LogP contribution in [0.15, 0.2) is 376 Å². The van der Waals surface area contributed by atoms with Gasteiger partial charge in [0.25, 0.3) is 0 Å². The Morgan fingerprint density at radius 3 is 0.865 bits per heavy atom. The van der Waals surface area contributed by atoms with Crippen molar-refractivity contribution in [1.82, 2.24) is 29.1 Å². The summed E-state index contributed by atoms with van der Waals surface area (Å²) < 4.78 is 4.81. The van der Waals surface area contributed by atoms with Crippen molar-refractivity contribution in [2.45, 2.75) is 0 Å². The molecule has 21 aromatic rings. The molecule has 4 aromatic heterocycles. The summed E-state index contributed by atoms with van der Waals surface area (Å²) in [5.41, 5.74) is 21.6. The van der Waals surface area contributed by atoms with E-state index in [0.717, 1.165) is 83.5 Å². The second kappa shape index (κ2) is 25.0. The van der Waals surface area contributed by atoms with E-state index in [2.05, 4.69) is 379 Å². The van der Waals surface area contributed by atoms with Crippen LogP contribution in [0.1, 0.15) is 0 Å². The molecule has 0 saturated carbocycles. The summed E-state index contributed by atoms with van der Waals surface area (Å²) >= 11 is 0. The molecular formula is C98H62N6. The van der Waals surface area contributed by atoms with Crippen molar-refractivity contribution in [2.24, 2.45) is 0 Å². The van der Waals surface area contributed by atoms with Crippen LogP contribution in [-0.4, -0.2) is 29.1 Å². The van der Waals surface area contributed by atoms with Gasteiger partial charge in [-0.25, -0.2) is 19.9 Å². The highest BCUT2D eigenvalue weighted by Gasteiger charge is 2.22. The van der Waals surface area contributed by atoms with Crippen molar-refractivity contribution in [3.05, 3.63) is 376 Å². The summed E-state index contributed by atoms with van der Waals surface area (Å²) in [6.45, 7) is 0. The zero-order valence-corrected chi connectivity index (χ0v) is 56.5. The molecule has 0 saturated heterocycles. The average Bonchev–Trinajstić information content (AvgIpc) is 1.57. The van der Waals surface area contributed by atoms with Gasteiger partial charge in [-0.2, -0.15) is 0 Å². The van der Waals surface area contributed by atoms with Crippen LogP contribution in [0, 0.1) is 0 Å². The maximum absolute atomic E-state index is 5.42. The molecule has 0 bridgehead atoms. The Bertz CT molecular complexity index is 6730. The van der Waals surface area contributed by atoms with Crippen molar-refractivity contribution in [3.8, 4) is 90.0 Å². The lowest BCUT2D eigenvalue weighted by atomic mass is 9.94. The number of fused-ring (bicyclic) bond motifs is 16. The highest BCUT2D eigenvalue weighted by atomic mass is 15.0. The van der Waals surface area contributed by atoms with E-state index in [1.807, 2.05) is 6.07 Å². The number of rotatable bonds is 9. The largest absolute Gasteiger partial charge is 0.309 e. The molecule has 0 aliphatic heterocycles. The van der Waals surface area contributed by atoms with Crippen molar-refractivity contribution in [3.63, 3.8) is 0 Å². The zero-order chi connectivity index (χ0) is 68.6. The lowest BCUT2D eigenvalue weighted by Gasteiger charge is -2.14. The summed E-state index contributed by atoms with van der Waals surface area (Å²) in [7, 11) is 0. The van der Waals surface area contributed by atoms with Gasteiger partial charge in [-0.1, -0.05) is 291 Å². The first kappa shape index (κ1) is 60.1. The number of aromatic nitrogens is 6. The van der Waals surface area contributed by atoms with Crippen LogP contribution in [0.4, 0.5) is 0 Å². The molecule has 6 nitrogen and oxygen atoms in total. The van der Waals surface area contributed by atoms with Gasteiger partial charge >= 0.3 is 0 Å². The first-order chi connectivity index (χ1) is 51.6. The lowest BCUT2D eigenvalue weighted by Crippen LogP contribution is -1.98. The summed E-state index contributed by atoms with van der Waals surface area (Å²) in [4.78, 5) is 21.0. The Balaban J connectivity index is 0.000000139. The minimum absolute atomic E-state index is 0.693. The van der Waals surface area contributed by atoms with Crippen LogP contribution in [0.25, 0.3) is 199 Å². The highest BCUT2D eigenvalue weighted by Crippen LogP contribution is 2.45. The second-order valence-corrected chi connectivity index (χ2v) is 26.8. The Morgan fingerprint density at radius 2 is 0.462 bits per heavy atom. The van der Waals surface area contributed by atoms with Gasteiger partial charge in [0.05, 0.1) is 44.5 Å². The molecule has 4 heterocycles. The van der Waals surface area contributed by atoms with Crippen molar-refractivity contribution >= 4 is 109 Å². The van der Waals surface area contributed by atoms with Crippen LogP contribution in [0.5, 0.6) is 0 Å². The van der Waals surface area contributed by atoms with E-state index < -0.39 is 0 Å². The van der Waals surface area contributed by atoms with Crippen LogP contribution in [-0.2, 0) is 0 Å². The van der Waals surface area contributed by atoms with E-state index in [4.69, 9.17) is 19.9 Å². The third-order valence-corrected chi connectivity index (χ3v) is 20.7. The molecule has 0 aliphatic carbocycles. The summed E-state index contributed by atoms with van der Waals surface area (Å²) in [5, 5.41) is 17.1. The van der Waals surface area contributed by atoms with E-state index in [1.54, 1.807) is 0 Å². The number of para-hydroxylation sites is 2. The van der Waals surface area contributed by atoms with Gasteiger partial charge in [0.1, 0.15) is 0 Å². The fourth-order valence-electron chi connectivity index (χ4n) is 15.9. The molecule has 0 atom stereocenters. The van der Waals surface area contributed by atoms with Gasteiger partial charge in [-0.05, 0) is 161 Å². The molecule has 0 radical (unpaired) electrons. The Hall–Kier alpha value is -13.9. The molecule has 17 aromatic carbocycles. The monoisotopic (exact) mass is 1320 g/mol. The number of nitrogens with zero attached hydrogens (tertiary/aromatic N) is 6.